The minimum Gasteiger partial charge on any atom is -0.478 e. The fraction of sp³-hybridized carbons (Fsp3) is 0.231. The van der Waals surface area contributed by atoms with Gasteiger partial charge >= 0.3 is 5.97 Å². The molecular weight excluding hydrogens is 282 g/mol. The Morgan fingerprint density at radius 3 is 2.35 bits per heavy atom. The smallest absolute Gasteiger partial charge is 0.335 e. The zero-order valence-corrected chi connectivity index (χ0v) is 11.5. The van der Waals surface area contributed by atoms with Crippen molar-refractivity contribution in [2.75, 3.05) is 6.54 Å². The Morgan fingerprint density at radius 1 is 1.35 bits per heavy atom. The molecule has 6 nitrogen and oxygen atoms in total. The number of sulfone groups is 1. The molecule has 0 aromatic heterocycles. The third-order valence-corrected chi connectivity index (χ3v) is 4.70. The monoisotopic (exact) mass is 295 g/mol. The van der Waals surface area contributed by atoms with Gasteiger partial charge in [0, 0.05) is 0 Å². The molecule has 0 radical (unpaired) electrons. The summed E-state index contributed by atoms with van der Waals surface area (Å²) in [4.78, 5) is 22.2. The van der Waals surface area contributed by atoms with Crippen molar-refractivity contribution < 1.29 is 23.1 Å². The maximum atomic E-state index is 12.2. The van der Waals surface area contributed by atoms with Crippen molar-refractivity contribution in [3.63, 3.8) is 0 Å². The average Bonchev–Trinajstić information content (AvgIpc) is 2.43. The molecule has 2 N–H and O–H groups in total. The molecule has 20 heavy (non-hydrogen) atoms. The van der Waals surface area contributed by atoms with Crippen LogP contribution in [0.25, 0.3) is 0 Å². The van der Waals surface area contributed by atoms with E-state index >= 15 is 0 Å². The van der Waals surface area contributed by atoms with Crippen LogP contribution < -0.4 is 5.32 Å². The summed E-state index contributed by atoms with van der Waals surface area (Å²) in [6, 6.07) is 4.65. The first kappa shape index (κ1) is 15.7. The molecule has 7 heteroatoms. The lowest BCUT2D eigenvalue weighted by molar-refractivity contribution is -0.120. The highest BCUT2D eigenvalue weighted by Gasteiger charge is 2.29. The van der Waals surface area contributed by atoms with E-state index in [1.807, 2.05) is 0 Å². The van der Waals surface area contributed by atoms with Gasteiger partial charge in [-0.05, 0) is 31.2 Å². The zero-order valence-electron chi connectivity index (χ0n) is 10.7. The molecule has 0 aliphatic heterocycles. The SMILES string of the molecule is C#CCNC(=O)C(C)S(=O)(=O)c1ccc(C(=O)O)cc1. The molecule has 1 aromatic carbocycles. The number of aromatic carboxylic acids is 1. The Bertz CT molecular complexity index is 655. The number of amides is 1. The number of nitrogens with one attached hydrogen (secondary N) is 1. The van der Waals surface area contributed by atoms with Gasteiger partial charge in [0.1, 0.15) is 5.25 Å². The number of carboxylic acid groups (broad SMARTS) is 1. The first-order valence-corrected chi connectivity index (χ1v) is 7.13. The van der Waals surface area contributed by atoms with Crippen LogP contribution in [0.1, 0.15) is 17.3 Å². The number of rotatable bonds is 5. The molecule has 106 valence electrons. The fourth-order valence-corrected chi connectivity index (χ4v) is 2.70. The number of terminal acetylenes is 1. The van der Waals surface area contributed by atoms with Crippen molar-refractivity contribution in [2.24, 2.45) is 0 Å². The molecule has 0 aliphatic carbocycles. The van der Waals surface area contributed by atoms with E-state index in [-0.39, 0.29) is 17.0 Å². The van der Waals surface area contributed by atoms with Crippen molar-refractivity contribution in [3.05, 3.63) is 29.8 Å². The minimum absolute atomic E-state index is 0.0339. The van der Waals surface area contributed by atoms with E-state index in [2.05, 4.69) is 11.2 Å². The lowest BCUT2D eigenvalue weighted by Crippen LogP contribution is -2.38. The van der Waals surface area contributed by atoms with E-state index in [0.717, 1.165) is 12.1 Å². The summed E-state index contributed by atoms with van der Waals surface area (Å²) in [6.45, 7) is 1.18. The molecule has 0 heterocycles. The van der Waals surface area contributed by atoms with E-state index in [9.17, 15) is 18.0 Å². The minimum atomic E-state index is -3.88. The zero-order chi connectivity index (χ0) is 15.3. The van der Waals surface area contributed by atoms with Gasteiger partial charge in [-0.3, -0.25) is 4.79 Å². The topological polar surface area (TPSA) is 101 Å². The summed E-state index contributed by atoms with van der Waals surface area (Å²) in [5, 5.41) is 9.72. The van der Waals surface area contributed by atoms with Crippen molar-refractivity contribution >= 4 is 21.7 Å². The largest absolute Gasteiger partial charge is 0.478 e. The third-order valence-electron chi connectivity index (χ3n) is 2.63. The van der Waals surface area contributed by atoms with Crippen LogP contribution >= 0.6 is 0 Å². The number of hydrogen-bond acceptors (Lipinski definition) is 4. The Morgan fingerprint density at radius 2 is 1.90 bits per heavy atom. The predicted octanol–water partition coefficient (Wildman–Crippen LogP) is 0.296. The van der Waals surface area contributed by atoms with Gasteiger partial charge < -0.3 is 10.4 Å². The van der Waals surface area contributed by atoms with E-state index in [1.165, 1.54) is 19.1 Å². The van der Waals surface area contributed by atoms with Crippen LogP contribution in [0, 0.1) is 12.3 Å². The van der Waals surface area contributed by atoms with Crippen LogP contribution in [0.3, 0.4) is 0 Å². The molecule has 1 aromatic rings. The summed E-state index contributed by atoms with van der Waals surface area (Å²) in [5.41, 5.74) is -0.0339. The number of carbonyl (C=O) groups excluding carboxylic acids is 1. The van der Waals surface area contributed by atoms with Crippen LogP contribution in [0.5, 0.6) is 0 Å². The number of carboxylic acids is 1. The molecule has 0 saturated carbocycles. The molecule has 0 spiro atoms. The molecule has 0 fully saturated rings. The first-order chi connectivity index (χ1) is 9.30. The van der Waals surface area contributed by atoms with Crippen molar-refractivity contribution in [1.82, 2.24) is 5.32 Å². The van der Waals surface area contributed by atoms with Crippen molar-refractivity contribution in [1.29, 1.82) is 0 Å². The van der Waals surface area contributed by atoms with E-state index in [0.29, 0.717) is 0 Å². The highest BCUT2D eigenvalue weighted by molar-refractivity contribution is 7.92. The molecule has 1 atom stereocenters. The quantitative estimate of drug-likeness (QED) is 0.761. The summed E-state index contributed by atoms with van der Waals surface area (Å²) < 4.78 is 24.3. The number of hydrogen-bond donors (Lipinski definition) is 2. The molecule has 1 rings (SSSR count). The molecular formula is C13H13NO5S. The lowest BCUT2D eigenvalue weighted by atomic mass is 10.2. The Hall–Kier alpha value is -2.33. The van der Waals surface area contributed by atoms with Crippen molar-refractivity contribution in [2.45, 2.75) is 17.1 Å². The van der Waals surface area contributed by atoms with E-state index < -0.39 is 27.0 Å². The van der Waals surface area contributed by atoms with Gasteiger partial charge in [-0.2, -0.15) is 0 Å². The van der Waals surface area contributed by atoms with Gasteiger partial charge in [-0.1, -0.05) is 5.92 Å². The van der Waals surface area contributed by atoms with Gasteiger partial charge in [-0.15, -0.1) is 6.42 Å². The van der Waals surface area contributed by atoms with Crippen LogP contribution in [0.4, 0.5) is 0 Å². The van der Waals surface area contributed by atoms with Crippen LogP contribution in [0.2, 0.25) is 0 Å². The van der Waals surface area contributed by atoms with Crippen LogP contribution in [0.15, 0.2) is 29.2 Å². The number of carbonyl (C=O) groups is 2. The highest BCUT2D eigenvalue weighted by Crippen LogP contribution is 2.17. The number of benzene rings is 1. The maximum absolute atomic E-state index is 12.2. The Kier molecular flexibility index (Phi) is 4.88. The van der Waals surface area contributed by atoms with Crippen molar-refractivity contribution in [3.8, 4) is 12.3 Å². The van der Waals surface area contributed by atoms with Gasteiger partial charge in [0.25, 0.3) is 0 Å². The van der Waals surface area contributed by atoms with Gasteiger partial charge in [0.2, 0.25) is 5.91 Å². The Labute approximate surface area is 116 Å². The summed E-state index contributed by atoms with van der Waals surface area (Å²) in [5.74, 6) is 0.311. The van der Waals surface area contributed by atoms with Gasteiger partial charge in [-0.25, -0.2) is 13.2 Å². The summed E-state index contributed by atoms with van der Waals surface area (Å²) in [6.07, 6.45) is 4.97. The summed E-state index contributed by atoms with van der Waals surface area (Å²) in [7, 11) is -3.88. The third kappa shape index (κ3) is 3.36. The molecule has 0 bridgehead atoms. The molecule has 0 saturated heterocycles. The standard InChI is InChI=1S/C13H13NO5S/c1-3-8-14-12(15)9(2)20(18,19)11-6-4-10(5-7-11)13(16)17/h1,4-7,9H,8H2,2H3,(H,14,15)(H,16,17). The highest BCUT2D eigenvalue weighted by atomic mass is 32.2. The normalized spacial score (nSPS) is 12.2. The van der Waals surface area contributed by atoms with Gasteiger partial charge in [0.05, 0.1) is 17.0 Å². The average molecular weight is 295 g/mol. The summed E-state index contributed by atoms with van der Waals surface area (Å²) >= 11 is 0. The van der Waals surface area contributed by atoms with E-state index in [1.54, 1.807) is 0 Å². The Balaban J connectivity index is 3.01. The van der Waals surface area contributed by atoms with Crippen LogP contribution in [-0.4, -0.2) is 37.2 Å². The second-order valence-electron chi connectivity index (χ2n) is 3.94. The fourth-order valence-electron chi connectivity index (χ4n) is 1.41. The van der Waals surface area contributed by atoms with E-state index in [4.69, 9.17) is 11.5 Å². The second-order valence-corrected chi connectivity index (χ2v) is 6.21. The predicted molar refractivity (Wildman–Crippen MR) is 71.9 cm³/mol. The first-order valence-electron chi connectivity index (χ1n) is 5.59. The lowest BCUT2D eigenvalue weighted by Gasteiger charge is -2.12. The second kappa shape index (κ2) is 6.21. The maximum Gasteiger partial charge on any atom is 0.335 e. The van der Waals surface area contributed by atoms with Gasteiger partial charge in [0.15, 0.2) is 9.84 Å². The van der Waals surface area contributed by atoms with Crippen LogP contribution in [-0.2, 0) is 14.6 Å². The molecule has 0 aliphatic rings. The molecule has 1 unspecified atom stereocenters. The molecule has 1 amide bonds.